The molecule has 2 aromatic rings. The Hall–Kier alpha value is -1.56. The van der Waals surface area contributed by atoms with Crippen LogP contribution in [0.3, 0.4) is 0 Å². The number of rotatable bonds is 1. The Kier molecular flexibility index (Phi) is 2.12. The molecular weight excluding hydrogens is 250 g/mol. The van der Waals surface area contributed by atoms with Crippen molar-refractivity contribution in [1.29, 1.82) is 0 Å². The summed E-state index contributed by atoms with van der Waals surface area (Å²) < 4.78 is 2.64. The number of halogens is 1. The van der Waals surface area contributed by atoms with Crippen LogP contribution in [0, 0.1) is 0 Å². The Morgan fingerprint density at radius 1 is 1.50 bits per heavy atom. The average molecular weight is 256 g/mol. The number of imidazole rings is 1. The standard InChI is InChI=1S/C8H6BrN3O2/c9-5-1-2-7-10-6(11-8(13)14)4-12(7)3-5/h1-4,11H,(H,13,14). The minimum atomic E-state index is -1.12. The fraction of sp³-hybridized carbons (Fsp3) is 0. The van der Waals surface area contributed by atoms with E-state index in [2.05, 4.69) is 26.2 Å². The highest BCUT2D eigenvalue weighted by Gasteiger charge is 2.03. The van der Waals surface area contributed by atoms with E-state index in [1.54, 1.807) is 22.9 Å². The van der Waals surface area contributed by atoms with Gasteiger partial charge < -0.3 is 9.51 Å². The molecule has 0 aromatic carbocycles. The van der Waals surface area contributed by atoms with E-state index in [-0.39, 0.29) is 0 Å². The zero-order chi connectivity index (χ0) is 10.1. The van der Waals surface area contributed by atoms with Crippen LogP contribution in [0.1, 0.15) is 0 Å². The van der Waals surface area contributed by atoms with E-state index in [1.165, 1.54) is 0 Å². The van der Waals surface area contributed by atoms with E-state index in [0.29, 0.717) is 11.5 Å². The van der Waals surface area contributed by atoms with Gasteiger partial charge in [-0.1, -0.05) is 0 Å². The summed E-state index contributed by atoms with van der Waals surface area (Å²) in [7, 11) is 0. The van der Waals surface area contributed by atoms with Crippen molar-refractivity contribution >= 4 is 33.5 Å². The molecule has 2 N–H and O–H groups in total. The van der Waals surface area contributed by atoms with Gasteiger partial charge in [0.1, 0.15) is 5.65 Å². The van der Waals surface area contributed by atoms with Crippen LogP contribution in [0.25, 0.3) is 5.65 Å². The van der Waals surface area contributed by atoms with Gasteiger partial charge in [0, 0.05) is 10.7 Å². The molecule has 2 rings (SSSR count). The maximum atomic E-state index is 10.3. The van der Waals surface area contributed by atoms with E-state index in [4.69, 9.17) is 5.11 Å². The van der Waals surface area contributed by atoms with Gasteiger partial charge in [-0.05, 0) is 28.1 Å². The molecule has 1 amide bonds. The summed E-state index contributed by atoms with van der Waals surface area (Å²) in [5, 5.41) is 10.7. The zero-order valence-corrected chi connectivity index (χ0v) is 8.52. The van der Waals surface area contributed by atoms with Crippen LogP contribution in [0.5, 0.6) is 0 Å². The van der Waals surface area contributed by atoms with Gasteiger partial charge in [-0.15, -0.1) is 0 Å². The molecule has 0 aliphatic carbocycles. The molecule has 0 fully saturated rings. The smallest absolute Gasteiger partial charge is 0.410 e. The second-order valence-electron chi connectivity index (χ2n) is 2.67. The van der Waals surface area contributed by atoms with Crippen LogP contribution < -0.4 is 5.32 Å². The van der Waals surface area contributed by atoms with E-state index < -0.39 is 6.09 Å². The second-order valence-corrected chi connectivity index (χ2v) is 3.58. The van der Waals surface area contributed by atoms with Crippen molar-refractivity contribution in [1.82, 2.24) is 9.38 Å². The third kappa shape index (κ3) is 1.69. The molecule has 0 spiro atoms. The van der Waals surface area contributed by atoms with Gasteiger partial charge in [0.2, 0.25) is 0 Å². The Morgan fingerprint density at radius 2 is 2.29 bits per heavy atom. The lowest BCUT2D eigenvalue weighted by atomic mass is 10.5. The number of nitrogens with zero attached hydrogens (tertiary/aromatic N) is 2. The molecule has 6 heteroatoms. The monoisotopic (exact) mass is 255 g/mol. The summed E-state index contributed by atoms with van der Waals surface area (Å²) in [6.07, 6.45) is 2.29. The van der Waals surface area contributed by atoms with Crippen molar-refractivity contribution in [3.8, 4) is 0 Å². The lowest BCUT2D eigenvalue weighted by Crippen LogP contribution is -2.06. The predicted octanol–water partition coefficient (Wildman–Crippen LogP) is 2.19. The fourth-order valence-corrected chi connectivity index (χ4v) is 1.49. The molecule has 0 atom stereocenters. The van der Waals surface area contributed by atoms with Gasteiger partial charge in [0.25, 0.3) is 0 Å². The summed E-state index contributed by atoms with van der Waals surface area (Å²) >= 11 is 3.31. The maximum Gasteiger partial charge on any atom is 0.410 e. The summed E-state index contributed by atoms with van der Waals surface area (Å²) in [6, 6.07) is 3.63. The largest absolute Gasteiger partial charge is 0.465 e. The Morgan fingerprint density at radius 3 is 3.00 bits per heavy atom. The lowest BCUT2D eigenvalue weighted by molar-refractivity contribution is 0.209. The highest BCUT2D eigenvalue weighted by Crippen LogP contribution is 2.14. The molecule has 0 unspecified atom stereocenters. The number of fused-ring (bicyclic) bond motifs is 1. The quantitative estimate of drug-likeness (QED) is 0.821. The molecule has 14 heavy (non-hydrogen) atoms. The maximum absolute atomic E-state index is 10.3. The number of hydrogen-bond acceptors (Lipinski definition) is 2. The number of carboxylic acid groups (broad SMARTS) is 1. The van der Waals surface area contributed by atoms with E-state index >= 15 is 0 Å². The molecule has 2 aromatic heterocycles. The summed E-state index contributed by atoms with van der Waals surface area (Å²) in [4.78, 5) is 14.4. The van der Waals surface area contributed by atoms with Gasteiger partial charge in [-0.25, -0.2) is 9.78 Å². The van der Waals surface area contributed by atoms with Crippen LogP contribution in [0.2, 0.25) is 0 Å². The molecule has 0 aliphatic rings. The summed E-state index contributed by atoms with van der Waals surface area (Å²) in [5.41, 5.74) is 0.692. The van der Waals surface area contributed by atoms with Crippen LogP contribution >= 0.6 is 15.9 Å². The van der Waals surface area contributed by atoms with Crippen molar-refractivity contribution in [3.63, 3.8) is 0 Å². The normalized spacial score (nSPS) is 10.4. The number of aromatic nitrogens is 2. The topological polar surface area (TPSA) is 66.6 Å². The third-order valence-corrected chi connectivity index (χ3v) is 2.12. The Bertz CT molecular complexity index is 494. The first-order valence-electron chi connectivity index (χ1n) is 3.79. The van der Waals surface area contributed by atoms with Crippen LogP contribution in [-0.4, -0.2) is 20.6 Å². The number of hydrogen-bond donors (Lipinski definition) is 2. The molecule has 72 valence electrons. The van der Waals surface area contributed by atoms with Gasteiger partial charge in [0.15, 0.2) is 5.82 Å². The number of anilines is 1. The van der Waals surface area contributed by atoms with Crippen LogP contribution in [0.15, 0.2) is 29.0 Å². The molecule has 0 bridgehead atoms. The minimum Gasteiger partial charge on any atom is -0.465 e. The molecular formula is C8H6BrN3O2. The summed E-state index contributed by atoms with van der Waals surface area (Å²) in [5.74, 6) is 0.315. The van der Waals surface area contributed by atoms with Crippen molar-refractivity contribution in [2.75, 3.05) is 5.32 Å². The van der Waals surface area contributed by atoms with Crippen molar-refractivity contribution in [2.45, 2.75) is 0 Å². The number of nitrogens with one attached hydrogen (secondary N) is 1. The highest BCUT2D eigenvalue weighted by atomic mass is 79.9. The van der Waals surface area contributed by atoms with Crippen molar-refractivity contribution < 1.29 is 9.90 Å². The van der Waals surface area contributed by atoms with E-state index in [9.17, 15) is 4.79 Å². The molecule has 0 aliphatic heterocycles. The molecule has 2 heterocycles. The lowest BCUT2D eigenvalue weighted by Gasteiger charge is -1.91. The Labute approximate surface area is 87.5 Å². The SMILES string of the molecule is O=C(O)Nc1cn2cc(Br)ccc2n1. The van der Waals surface area contributed by atoms with Gasteiger partial charge in [-0.2, -0.15) is 0 Å². The van der Waals surface area contributed by atoms with Crippen LogP contribution in [0.4, 0.5) is 10.6 Å². The summed E-state index contributed by atoms with van der Waals surface area (Å²) in [6.45, 7) is 0. The van der Waals surface area contributed by atoms with E-state index in [0.717, 1.165) is 4.47 Å². The number of carbonyl (C=O) groups is 1. The van der Waals surface area contributed by atoms with Crippen LogP contribution in [-0.2, 0) is 0 Å². The third-order valence-electron chi connectivity index (χ3n) is 1.65. The first kappa shape index (κ1) is 9.01. The molecule has 5 nitrogen and oxygen atoms in total. The zero-order valence-electron chi connectivity index (χ0n) is 6.94. The van der Waals surface area contributed by atoms with Gasteiger partial charge in [-0.3, -0.25) is 5.32 Å². The average Bonchev–Trinajstić information content (AvgIpc) is 2.44. The van der Waals surface area contributed by atoms with Gasteiger partial charge in [0.05, 0.1) is 6.20 Å². The van der Waals surface area contributed by atoms with E-state index in [1.807, 2.05) is 6.07 Å². The molecule has 0 saturated heterocycles. The number of amides is 1. The second kappa shape index (κ2) is 3.30. The Balaban J connectivity index is 2.46. The molecule has 0 radical (unpaired) electrons. The highest BCUT2D eigenvalue weighted by molar-refractivity contribution is 9.10. The predicted molar refractivity (Wildman–Crippen MR) is 54.5 cm³/mol. The number of pyridine rings is 1. The van der Waals surface area contributed by atoms with Crippen molar-refractivity contribution in [2.24, 2.45) is 0 Å². The first-order chi connectivity index (χ1) is 6.65. The first-order valence-corrected chi connectivity index (χ1v) is 4.58. The molecule has 0 saturated carbocycles. The minimum absolute atomic E-state index is 0.315. The van der Waals surface area contributed by atoms with Crippen molar-refractivity contribution in [3.05, 3.63) is 29.0 Å². The fourth-order valence-electron chi connectivity index (χ4n) is 1.13. The van der Waals surface area contributed by atoms with Gasteiger partial charge >= 0.3 is 6.09 Å².